The first-order chi connectivity index (χ1) is 10.5. The average Bonchev–Trinajstić information content (AvgIpc) is 3.33. The zero-order valence-corrected chi connectivity index (χ0v) is 13.6. The quantitative estimate of drug-likeness (QED) is 0.780. The van der Waals surface area contributed by atoms with E-state index in [1.807, 2.05) is 18.2 Å². The van der Waals surface area contributed by atoms with Gasteiger partial charge in [-0.15, -0.1) is 0 Å². The molecule has 116 valence electrons. The minimum absolute atomic E-state index is 0.0563. The van der Waals surface area contributed by atoms with E-state index in [0.717, 1.165) is 17.1 Å². The van der Waals surface area contributed by atoms with E-state index in [1.54, 1.807) is 7.11 Å². The van der Waals surface area contributed by atoms with Crippen molar-refractivity contribution in [3.63, 3.8) is 0 Å². The monoisotopic (exact) mass is 298 g/mol. The molecular formula is C19H22O3. The smallest absolute Gasteiger partial charge is 0.223 e. The van der Waals surface area contributed by atoms with Crippen LogP contribution in [0.4, 0.5) is 0 Å². The maximum Gasteiger partial charge on any atom is 0.223 e. The molecule has 3 rings (SSSR count). The molecule has 0 spiro atoms. The van der Waals surface area contributed by atoms with Crippen molar-refractivity contribution in [2.75, 3.05) is 13.7 Å². The number of epoxide rings is 1. The number of ether oxygens (including phenoxy) is 3. The summed E-state index contributed by atoms with van der Waals surface area (Å²) in [6, 6.07) is 14.6. The predicted molar refractivity (Wildman–Crippen MR) is 86.7 cm³/mol. The van der Waals surface area contributed by atoms with E-state index in [4.69, 9.17) is 14.2 Å². The normalized spacial score (nSPS) is 17.2. The highest BCUT2D eigenvalue weighted by atomic mass is 16.8. The molecule has 2 aromatic rings. The lowest BCUT2D eigenvalue weighted by molar-refractivity contribution is 0.178. The van der Waals surface area contributed by atoms with Gasteiger partial charge in [0, 0.05) is 5.41 Å². The molecule has 1 atom stereocenters. The fourth-order valence-corrected chi connectivity index (χ4v) is 2.59. The first-order valence-corrected chi connectivity index (χ1v) is 7.54. The lowest BCUT2D eigenvalue weighted by Gasteiger charge is -2.27. The third kappa shape index (κ3) is 2.95. The van der Waals surface area contributed by atoms with E-state index in [-0.39, 0.29) is 11.7 Å². The highest BCUT2D eigenvalue weighted by Gasteiger charge is 2.27. The van der Waals surface area contributed by atoms with Crippen LogP contribution in [0.2, 0.25) is 0 Å². The Kier molecular flexibility index (Phi) is 3.83. The summed E-state index contributed by atoms with van der Waals surface area (Å²) in [5.41, 5.74) is 3.58. The molecule has 0 aliphatic carbocycles. The lowest BCUT2D eigenvalue weighted by Crippen LogP contribution is -2.19. The third-order valence-corrected chi connectivity index (χ3v) is 4.27. The van der Waals surface area contributed by atoms with Crippen LogP contribution in [0.25, 0.3) is 0 Å². The summed E-state index contributed by atoms with van der Waals surface area (Å²) in [6.45, 7) is 7.23. The van der Waals surface area contributed by atoms with E-state index in [0.29, 0.717) is 6.61 Å². The van der Waals surface area contributed by atoms with E-state index in [1.165, 1.54) is 11.1 Å². The van der Waals surface area contributed by atoms with Gasteiger partial charge in [-0.25, -0.2) is 0 Å². The molecule has 1 heterocycles. The average molecular weight is 298 g/mol. The molecule has 2 aromatic carbocycles. The molecule has 1 fully saturated rings. The van der Waals surface area contributed by atoms with Crippen molar-refractivity contribution in [1.82, 2.24) is 0 Å². The van der Waals surface area contributed by atoms with Crippen molar-refractivity contribution in [2.45, 2.75) is 32.5 Å². The van der Waals surface area contributed by atoms with Crippen molar-refractivity contribution in [2.24, 2.45) is 0 Å². The zero-order valence-electron chi connectivity index (χ0n) is 13.6. The highest BCUT2D eigenvalue weighted by molar-refractivity contribution is 5.45. The summed E-state index contributed by atoms with van der Waals surface area (Å²) < 4.78 is 16.1. The Morgan fingerprint density at radius 1 is 1.05 bits per heavy atom. The summed E-state index contributed by atoms with van der Waals surface area (Å²) >= 11 is 0. The van der Waals surface area contributed by atoms with Crippen LogP contribution in [0, 0.1) is 6.92 Å². The highest BCUT2D eigenvalue weighted by Crippen LogP contribution is 2.35. The molecule has 0 amide bonds. The Morgan fingerprint density at radius 2 is 1.68 bits per heavy atom. The van der Waals surface area contributed by atoms with Crippen molar-refractivity contribution >= 4 is 0 Å². The van der Waals surface area contributed by atoms with Gasteiger partial charge in [0.2, 0.25) is 6.29 Å². The van der Waals surface area contributed by atoms with E-state index in [2.05, 4.69) is 45.0 Å². The van der Waals surface area contributed by atoms with Gasteiger partial charge in [0.05, 0.1) is 7.11 Å². The van der Waals surface area contributed by atoms with E-state index in [9.17, 15) is 0 Å². The van der Waals surface area contributed by atoms with Crippen LogP contribution >= 0.6 is 0 Å². The van der Waals surface area contributed by atoms with Gasteiger partial charge in [0.15, 0.2) is 0 Å². The molecule has 3 heteroatoms. The molecule has 1 unspecified atom stereocenters. The fraction of sp³-hybridized carbons (Fsp3) is 0.368. The Bertz CT molecular complexity index is 655. The predicted octanol–water partition coefficient (Wildman–Crippen LogP) is 4.06. The molecule has 0 aromatic heterocycles. The van der Waals surface area contributed by atoms with Gasteiger partial charge < -0.3 is 14.2 Å². The Morgan fingerprint density at radius 3 is 2.23 bits per heavy atom. The molecule has 22 heavy (non-hydrogen) atoms. The minimum atomic E-state index is -0.0777. The second-order valence-corrected chi connectivity index (χ2v) is 6.21. The summed E-state index contributed by atoms with van der Waals surface area (Å²) in [5, 5.41) is 0. The summed E-state index contributed by atoms with van der Waals surface area (Å²) in [5.74, 6) is 1.78. The molecule has 1 aliphatic rings. The number of methoxy groups -OCH3 is 1. The topological polar surface area (TPSA) is 31.0 Å². The van der Waals surface area contributed by atoms with Gasteiger partial charge in [0.1, 0.15) is 18.1 Å². The van der Waals surface area contributed by atoms with Crippen LogP contribution in [0.5, 0.6) is 11.5 Å². The second-order valence-electron chi connectivity index (χ2n) is 6.21. The van der Waals surface area contributed by atoms with Gasteiger partial charge >= 0.3 is 0 Å². The van der Waals surface area contributed by atoms with Crippen molar-refractivity contribution in [3.05, 3.63) is 59.2 Å². The number of rotatable bonds is 5. The Hall–Kier alpha value is -2.00. The van der Waals surface area contributed by atoms with Crippen LogP contribution in [0.1, 0.15) is 30.5 Å². The van der Waals surface area contributed by atoms with Crippen molar-refractivity contribution < 1.29 is 14.2 Å². The standard InChI is InChI=1S/C19H22O3/c1-13-11-15(7-10-17(13)22-18-12-21-18)19(2,3)14-5-8-16(20-4)9-6-14/h5-11,18H,12H2,1-4H3. The van der Waals surface area contributed by atoms with Gasteiger partial charge in [-0.3, -0.25) is 0 Å². The maximum atomic E-state index is 5.72. The molecule has 0 saturated carbocycles. The second kappa shape index (κ2) is 5.65. The van der Waals surface area contributed by atoms with Gasteiger partial charge in [-0.05, 0) is 41.8 Å². The number of hydrogen-bond acceptors (Lipinski definition) is 3. The van der Waals surface area contributed by atoms with Crippen LogP contribution in [0.15, 0.2) is 42.5 Å². The molecule has 0 bridgehead atoms. The summed E-state index contributed by atoms with van der Waals surface area (Å²) in [4.78, 5) is 0. The zero-order chi connectivity index (χ0) is 15.7. The first kappa shape index (κ1) is 14.9. The third-order valence-electron chi connectivity index (χ3n) is 4.27. The Balaban J connectivity index is 1.88. The molecule has 1 aliphatic heterocycles. The number of benzene rings is 2. The van der Waals surface area contributed by atoms with Crippen molar-refractivity contribution in [3.8, 4) is 11.5 Å². The van der Waals surface area contributed by atoms with Gasteiger partial charge in [0.25, 0.3) is 0 Å². The van der Waals surface area contributed by atoms with Gasteiger partial charge in [-0.1, -0.05) is 38.1 Å². The van der Waals surface area contributed by atoms with Gasteiger partial charge in [-0.2, -0.15) is 0 Å². The largest absolute Gasteiger partial charge is 0.497 e. The fourth-order valence-electron chi connectivity index (χ4n) is 2.59. The minimum Gasteiger partial charge on any atom is -0.497 e. The SMILES string of the molecule is COc1ccc(C(C)(C)c2ccc(OC3CO3)c(C)c2)cc1. The van der Waals surface area contributed by atoms with E-state index >= 15 is 0 Å². The first-order valence-electron chi connectivity index (χ1n) is 7.54. The van der Waals surface area contributed by atoms with Crippen molar-refractivity contribution in [1.29, 1.82) is 0 Å². The summed E-state index contributed by atoms with van der Waals surface area (Å²) in [7, 11) is 1.69. The number of hydrogen-bond donors (Lipinski definition) is 0. The van der Waals surface area contributed by atoms with Crippen LogP contribution in [0.3, 0.4) is 0 Å². The molecular weight excluding hydrogens is 276 g/mol. The maximum absolute atomic E-state index is 5.72. The molecule has 3 nitrogen and oxygen atoms in total. The van der Waals surface area contributed by atoms with E-state index < -0.39 is 0 Å². The molecule has 0 N–H and O–H groups in total. The Labute approximate surface area is 131 Å². The lowest BCUT2D eigenvalue weighted by atomic mass is 9.77. The van der Waals surface area contributed by atoms with Crippen LogP contribution in [-0.4, -0.2) is 20.0 Å². The molecule has 1 saturated heterocycles. The van der Waals surface area contributed by atoms with Crippen LogP contribution in [-0.2, 0) is 10.2 Å². The summed E-state index contributed by atoms with van der Waals surface area (Å²) in [6.07, 6.45) is -0.0563. The van der Waals surface area contributed by atoms with Crippen LogP contribution < -0.4 is 9.47 Å². The number of aryl methyl sites for hydroxylation is 1. The molecule has 0 radical (unpaired) electrons.